The van der Waals surface area contributed by atoms with Crippen molar-refractivity contribution in [2.45, 2.75) is 65.5 Å². The molecule has 0 aliphatic heterocycles. The fourth-order valence-corrected chi connectivity index (χ4v) is 3.84. The van der Waals surface area contributed by atoms with Gasteiger partial charge in [0.2, 0.25) is 0 Å². The van der Waals surface area contributed by atoms with Gasteiger partial charge in [0.1, 0.15) is 0 Å². The van der Waals surface area contributed by atoms with Gasteiger partial charge in [0.25, 0.3) is 10.2 Å². The zero-order chi connectivity index (χ0) is 14.6. The molecule has 110 valence electrons. The van der Waals surface area contributed by atoms with Crippen LogP contribution in [0.25, 0.3) is 0 Å². The third kappa shape index (κ3) is 4.84. The van der Waals surface area contributed by atoms with Crippen LogP contribution in [-0.4, -0.2) is 36.9 Å². The summed E-state index contributed by atoms with van der Waals surface area (Å²) in [6, 6.07) is 0. The highest BCUT2D eigenvalue weighted by molar-refractivity contribution is 7.87. The first-order chi connectivity index (χ1) is 8.02. The molecule has 0 heterocycles. The molecule has 0 radical (unpaired) electrons. The fraction of sp³-hybridized carbons (Fsp3) is 1.00. The van der Waals surface area contributed by atoms with Crippen LogP contribution in [0, 0.1) is 0 Å². The van der Waals surface area contributed by atoms with Crippen LogP contribution in [0.1, 0.15) is 54.4 Å². The lowest BCUT2D eigenvalue weighted by atomic mass is 9.99. The molecule has 0 aliphatic carbocycles. The summed E-state index contributed by atoms with van der Waals surface area (Å²) in [6.45, 7) is 12.1. The average molecular weight is 279 g/mol. The molecule has 0 saturated carbocycles. The summed E-state index contributed by atoms with van der Waals surface area (Å²) >= 11 is 0. The predicted molar refractivity (Wildman–Crippen MR) is 76.6 cm³/mol. The molecule has 18 heavy (non-hydrogen) atoms. The molecule has 0 bridgehead atoms. The van der Waals surface area contributed by atoms with E-state index in [0.717, 1.165) is 6.42 Å². The average Bonchev–Trinajstić information content (AvgIpc) is 2.21. The van der Waals surface area contributed by atoms with Gasteiger partial charge in [-0.2, -0.15) is 17.4 Å². The minimum absolute atomic E-state index is 0.314. The molecule has 1 atom stereocenters. The first kappa shape index (κ1) is 17.8. The second kappa shape index (κ2) is 6.32. The fourth-order valence-electron chi connectivity index (χ4n) is 1.75. The van der Waals surface area contributed by atoms with Crippen LogP contribution in [0.4, 0.5) is 0 Å². The van der Waals surface area contributed by atoms with Gasteiger partial charge in [-0.25, -0.2) is 0 Å². The molecular weight excluding hydrogens is 250 g/mol. The minimum atomic E-state index is -3.52. The van der Waals surface area contributed by atoms with E-state index in [4.69, 9.17) is 5.73 Å². The van der Waals surface area contributed by atoms with E-state index in [-0.39, 0.29) is 0 Å². The maximum absolute atomic E-state index is 12.5. The van der Waals surface area contributed by atoms with Gasteiger partial charge in [-0.05, 0) is 40.5 Å². The van der Waals surface area contributed by atoms with Crippen LogP contribution in [0.15, 0.2) is 0 Å². The topological polar surface area (TPSA) is 75.4 Å². The highest BCUT2D eigenvalue weighted by Gasteiger charge is 2.38. The van der Waals surface area contributed by atoms with Gasteiger partial charge in [-0.3, -0.25) is 0 Å². The van der Waals surface area contributed by atoms with Gasteiger partial charge in [0.15, 0.2) is 0 Å². The number of nitrogens with zero attached hydrogens (tertiary/aromatic N) is 1. The quantitative estimate of drug-likeness (QED) is 0.741. The second-order valence-corrected chi connectivity index (χ2v) is 7.58. The van der Waals surface area contributed by atoms with E-state index in [0.29, 0.717) is 19.5 Å². The summed E-state index contributed by atoms with van der Waals surface area (Å²) in [6.07, 6.45) is 1.45. The van der Waals surface area contributed by atoms with Crippen molar-refractivity contribution in [3.63, 3.8) is 0 Å². The number of hydrogen-bond acceptors (Lipinski definition) is 3. The summed E-state index contributed by atoms with van der Waals surface area (Å²) in [5.74, 6) is 0. The minimum Gasteiger partial charge on any atom is -0.329 e. The van der Waals surface area contributed by atoms with Gasteiger partial charge >= 0.3 is 0 Å². The van der Waals surface area contributed by atoms with Crippen LogP contribution >= 0.6 is 0 Å². The van der Waals surface area contributed by atoms with Crippen molar-refractivity contribution in [1.29, 1.82) is 0 Å². The molecule has 0 fully saturated rings. The van der Waals surface area contributed by atoms with Crippen molar-refractivity contribution >= 4 is 10.2 Å². The Kier molecular flexibility index (Phi) is 6.26. The van der Waals surface area contributed by atoms with Crippen molar-refractivity contribution in [3.8, 4) is 0 Å². The molecule has 0 amide bonds. The van der Waals surface area contributed by atoms with Gasteiger partial charge < -0.3 is 5.73 Å². The zero-order valence-electron chi connectivity index (χ0n) is 12.6. The second-order valence-electron chi connectivity index (χ2n) is 5.98. The Morgan fingerprint density at radius 1 is 1.17 bits per heavy atom. The smallest absolute Gasteiger partial charge is 0.280 e. The van der Waals surface area contributed by atoms with Crippen molar-refractivity contribution < 1.29 is 8.42 Å². The van der Waals surface area contributed by atoms with E-state index in [9.17, 15) is 8.42 Å². The monoisotopic (exact) mass is 279 g/mol. The molecule has 0 spiro atoms. The highest BCUT2D eigenvalue weighted by Crippen LogP contribution is 2.22. The van der Waals surface area contributed by atoms with Crippen molar-refractivity contribution in [2.24, 2.45) is 5.73 Å². The van der Waals surface area contributed by atoms with E-state index in [1.54, 1.807) is 0 Å². The van der Waals surface area contributed by atoms with Gasteiger partial charge in [0.05, 0.1) is 0 Å². The largest absolute Gasteiger partial charge is 0.329 e. The normalized spacial score (nSPS) is 16.9. The molecule has 6 heteroatoms. The molecule has 3 N–H and O–H groups in total. The molecule has 1 unspecified atom stereocenters. The summed E-state index contributed by atoms with van der Waals surface area (Å²) < 4.78 is 29.1. The van der Waals surface area contributed by atoms with E-state index >= 15 is 0 Å². The molecule has 0 aromatic carbocycles. The number of nitrogens with two attached hydrogens (primary N) is 1. The lowest BCUT2D eigenvalue weighted by Gasteiger charge is -2.40. The van der Waals surface area contributed by atoms with Gasteiger partial charge in [0, 0.05) is 24.2 Å². The molecule has 0 aromatic heterocycles. The SMILES string of the molecule is CCCN(C(C)(CC)CN)S(=O)(=O)NC(C)(C)C. The first-order valence-electron chi connectivity index (χ1n) is 6.54. The zero-order valence-corrected chi connectivity index (χ0v) is 13.4. The Morgan fingerprint density at radius 2 is 1.67 bits per heavy atom. The van der Waals surface area contributed by atoms with E-state index < -0.39 is 21.3 Å². The molecule has 0 rings (SSSR count). The Bertz CT molecular complexity index is 343. The van der Waals surface area contributed by atoms with Crippen LogP contribution in [0.3, 0.4) is 0 Å². The third-order valence-electron chi connectivity index (χ3n) is 2.96. The van der Waals surface area contributed by atoms with Gasteiger partial charge in [-0.1, -0.05) is 13.8 Å². The molecule has 0 aliphatic rings. The Morgan fingerprint density at radius 3 is 1.94 bits per heavy atom. The summed E-state index contributed by atoms with van der Waals surface area (Å²) in [5, 5.41) is 0. The third-order valence-corrected chi connectivity index (χ3v) is 5.03. The lowest BCUT2D eigenvalue weighted by Crippen LogP contribution is -2.59. The molecule has 0 aromatic rings. The van der Waals surface area contributed by atoms with Crippen molar-refractivity contribution in [2.75, 3.05) is 13.1 Å². The molecular formula is C12H29N3O2S. The maximum Gasteiger partial charge on any atom is 0.280 e. The Balaban J connectivity index is 5.35. The van der Waals surface area contributed by atoms with Crippen LogP contribution < -0.4 is 10.5 Å². The van der Waals surface area contributed by atoms with Crippen molar-refractivity contribution in [3.05, 3.63) is 0 Å². The summed E-state index contributed by atoms with van der Waals surface area (Å²) in [5.41, 5.74) is 4.75. The van der Waals surface area contributed by atoms with E-state index in [1.807, 2.05) is 41.5 Å². The predicted octanol–water partition coefficient (Wildman–Crippen LogP) is 1.46. The number of rotatable bonds is 7. The van der Waals surface area contributed by atoms with Gasteiger partial charge in [-0.15, -0.1) is 0 Å². The van der Waals surface area contributed by atoms with Crippen LogP contribution in [0.5, 0.6) is 0 Å². The van der Waals surface area contributed by atoms with Crippen LogP contribution in [0.2, 0.25) is 0 Å². The highest BCUT2D eigenvalue weighted by atomic mass is 32.2. The lowest BCUT2D eigenvalue weighted by molar-refractivity contribution is 0.201. The Labute approximate surface area is 112 Å². The first-order valence-corrected chi connectivity index (χ1v) is 7.98. The molecule has 0 saturated heterocycles. The standard InChI is InChI=1S/C12H29N3O2S/c1-7-9-15(12(6,8-2)10-13)18(16,17)14-11(3,4)5/h14H,7-10,13H2,1-6H3. The summed E-state index contributed by atoms with van der Waals surface area (Å²) in [7, 11) is -3.52. The number of hydrogen-bond donors (Lipinski definition) is 2. The molecule has 5 nitrogen and oxygen atoms in total. The van der Waals surface area contributed by atoms with Crippen LogP contribution in [-0.2, 0) is 10.2 Å². The van der Waals surface area contributed by atoms with Crippen molar-refractivity contribution in [1.82, 2.24) is 9.03 Å². The summed E-state index contributed by atoms with van der Waals surface area (Å²) in [4.78, 5) is 0. The van der Waals surface area contributed by atoms with E-state index in [2.05, 4.69) is 4.72 Å². The maximum atomic E-state index is 12.5. The van der Waals surface area contributed by atoms with E-state index in [1.165, 1.54) is 4.31 Å². The Hall–Kier alpha value is -0.170. The number of nitrogens with one attached hydrogen (secondary N) is 1.